The number of aromatic amines is 1. The van der Waals surface area contributed by atoms with Crippen LogP contribution in [0.3, 0.4) is 0 Å². The molecule has 0 aliphatic heterocycles. The van der Waals surface area contributed by atoms with Crippen molar-refractivity contribution in [3.63, 3.8) is 0 Å². The molecule has 17 heavy (non-hydrogen) atoms. The Balaban J connectivity index is 2.27. The van der Waals surface area contributed by atoms with Crippen molar-refractivity contribution in [1.82, 2.24) is 10.2 Å². The van der Waals surface area contributed by atoms with E-state index < -0.39 is 0 Å². The largest absolute Gasteiger partial charge is 0.319 e. The van der Waals surface area contributed by atoms with Gasteiger partial charge in [0.2, 0.25) is 0 Å². The van der Waals surface area contributed by atoms with Gasteiger partial charge in [0.1, 0.15) is 11.8 Å². The minimum Gasteiger partial charge on any atom is -0.319 e. The summed E-state index contributed by atoms with van der Waals surface area (Å²) in [4.78, 5) is 11.7. The van der Waals surface area contributed by atoms with Crippen LogP contribution in [-0.4, -0.2) is 16.1 Å². The number of nitriles is 1. The van der Waals surface area contributed by atoms with Crippen molar-refractivity contribution >= 4 is 27.5 Å². The summed E-state index contributed by atoms with van der Waals surface area (Å²) in [6, 6.07) is 8.61. The molecular weight excluding hydrogens is 284 g/mol. The Morgan fingerprint density at radius 1 is 1.47 bits per heavy atom. The normalized spacial score (nSPS) is 9.65. The van der Waals surface area contributed by atoms with Gasteiger partial charge in [0.25, 0.3) is 5.91 Å². The highest BCUT2D eigenvalue weighted by Crippen LogP contribution is 2.21. The number of nitrogens with one attached hydrogen (secondary N) is 2. The number of amides is 1. The molecule has 0 radical (unpaired) electrons. The fraction of sp³-hybridized carbons (Fsp3) is 0. The van der Waals surface area contributed by atoms with Crippen molar-refractivity contribution in [3.8, 4) is 6.07 Å². The maximum Gasteiger partial charge on any atom is 0.273 e. The molecule has 2 aromatic rings. The molecule has 0 unspecified atom stereocenters. The number of H-pyrrole nitrogens is 1. The number of rotatable bonds is 2. The Hall–Kier alpha value is -2.13. The van der Waals surface area contributed by atoms with Crippen LogP contribution in [0.25, 0.3) is 0 Å². The SMILES string of the molecule is N#Cc1ccc(Br)cc1NC(=O)c1ccn[nH]1. The maximum absolute atomic E-state index is 11.7. The second-order valence-corrected chi connectivity index (χ2v) is 4.14. The summed E-state index contributed by atoms with van der Waals surface area (Å²) >= 11 is 3.28. The number of carbonyl (C=O) groups excluding carboxylic acids is 1. The fourth-order valence-corrected chi connectivity index (χ4v) is 1.65. The summed E-state index contributed by atoms with van der Waals surface area (Å²) in [6.07, 6.45) is 1.49. The number of halogens is 1. The minimum atomic E-state index is -0.336. The first kappa shape index (κ1) is 11.4. The number of aromatic nitrogens is 2. The Labute approximate surface area is 106 Å². The van der Waals surface area contributed by atoms with Crippen molar-refractivity contribution < 1.29 is 4.79 Å². The number of nitrogens with zero attached hydrogens (tertiary/aromatic N) is 2. The minimum absolute atomic E-state index is 0.336. The van der Waals surface area contributed by atoms with Gasteiger partial charge in [-0.2, -0.15) is 10.4 Å². The van der Waals surface area contributed by atoms with Crippen molar-refractivity contribution in [2.75, 3.05) is 5.32 Å². The highest BCUT2D eigenvalue weighted by Gasteiger charge is 2.10. The highest BCUT2D eigenvalue weighted by atomic mass is 79.9. The average Bonchev–Trinajstić information content (AvgIpc) is 2.83. The number of hydrogen-bond donors (Lipinski definition) is 2. The molecule has 1 amide bonds. The second kappa shape index (κ2) is 4.80. The van der Waals surface area contributed by atoms with E-state index in [0.29, 0.717) is 16.9 Å². The lowest BCUT2D eigenvalue weighted by molar-refractivity contribution is 0.102. The number of anilines is 1. The zero-order chi connectivity index (χ0) is 12.3. The van der Waals surface area contributed by atoms with Gasteiger partial charge < -0.3 is 5.32 Å². The van der Waals surface area contributed by atoms with E-state index in [-0.39, 0.29) is 5.91 Å². The molecule has 6 heteroatoms. The molecular formula is C11H7BrN4O. The van der Waals surface area contributed by atoms with Gasteiger partial charge in [-0.15, -0.1) is 0 Å². The summed E-state index contributed by atoms with van der Waals surface area (Å²) in [5.74, 6) is -0.336. The van der Waals surface area contributed by atoms with E-state index >= 15 is 0 Å². The summed E-state index contributed by atoms with van der Waals surface area (Å²) in [5, 5.41) is 17.8. The average molecular weight is 291 g/mol. The third-order valence-electron chi connectivity index (χ3n) is 2.10. The van der Waals surface area contributed by atoms with Crippen LogP contribution >= 0.6 is 15.9 Å². The fourth-order valence-electron chi connectivity index (χ4n) is 1.29. The van der Waals surface area contributed by atoms with Gasteiger partial charge in [-0.25, -0.2) is 0 Å². The smallest absolute Gasteiger partial charge is 0.273 e. The van der Waals surface area contributed by atoms with Crippen molar-refractivity contribution in [3.05, 3.63) is 46.2 Å². The summed E-state index contributed by atoms with van der Waals surface area (Å²) in [6.45, 7) is 0. The van der Waals surface area contributed by atoms with Crippen LogP contribution in [-0.2, 0) is 0 Å². The third-order valence-corrected chi connectivity index (χ3v) is 2.59. The van der Waals surface area contributed by atoms with Crippen LogP contribution in [0.2, 0.25) is 0 Å². The summed E-state index contributed by atoms with van der Waals surface area (Å²) in [7, 11) is 0. The Morgan fingerprint density at radius 3 is 2.94 bits per heavy atom. The molecule has 1 heterocycles. The molecule has 0 aliphatic rings. The van der Waals surface area contributed by atoms with E-state index in [9.17, 15) is 4.79 Å². The van der Waals surface area contributed by atoms with E-state index in [1.807, 2.05) is 6.07 Å². The predicted molar refractivity (Wildman–Crippen MR) is 65.4 cm³/mol. The standard InChI is InChI=1S/C11H7BrN4O/c12-8-2-1-7(6-13)10(5-8)15-11(17)9-3-4-14-16-9/h1-5H,(H,14,16)(H,15,17). The molecule has 0 saturated heterocycles. The molecule has 0 bridgehead atoms. The van der Waals surface area contributed by atoms with E-state index in [0.717, 1.165) is 4.47 Å². The first-order valence-corrected chi connectivity index (χ1v) is 5.50. The van der Waals surface area contributed by atoms with Gasteiger partial charge in [0.15, 0.2) is 0 Å². The van der Waals surface area contributed by atoms with Crippen LogP contribution in [0.1, 0.15) is 16.1 Å². The molecule has 5 nitrogen and oxygen atoms in total. The molecule has 0 spiro atoms. The summed E-state index contributed by atoms with van der Waals surface area (Å²) < 4.78 is 0.788. The van der Waals surface area contributed by atoms with Gasteiger partial charge in [0.05, 0.1) is 11.3 Å². The topological polar surface area (TPSA) is 81.6 Å². The second-order valence-electron chi connectivity index (χ2n) is 3.23. The van der Waals surface area contributed by atoms with Crippen molar-refractivity contribution in [1.29, 1.82) is 5.26 Å². The summed E-state index contributed by atoms with van der Waals surface area (Å²) in [5.41, 5.74) is 1.21. The molecule has 1 aromatic carbocycles. The molecule has 1 aromatic heterocycles. The lowest BCUT2D eigenvalue weighted by Crippen LogP contribution is -2.13. The van der Waals surface area contributed by atoms with Crippen molar-refractivity contribution in [2.45, 2.75) is 0 Å². The van der Waals surface area contributed by atoms with Gasteiger partial charge in [0, 0.05) is 10.7 Å². The molecule has 2 N–H and O–H groups in total. The van der Waals surface area contributed by atoms with Gasteiger partial charge in [-0.1, -0.05) is 15.9 Å². The van der Waals surface area contributed by atoms with E-state index in [4.69, 9.17) is 5.26 Å². The van der Waals surface area contributed by atoms with Crippen LogP contribution in [0.4, 0.5) is 5.69 Å². The Bertz CT molecular complexity index is 586. The zero-order valence-electron chi connectivity index (χ0n) is 8.57. The van der Waals surface area contributed by atoms with Crippen LogP contribution in [0.15, 0.2) is 34.9 Å². The van der Waals surface area contributed by atoms with Gasteiger partial charge >= 0.3 is 0 Å². The molecule has 0 aliphatic carbocycles. The van der Waals surface area contributed by atoms with Crippen LogP contribution in [0.5, 0.6) is 0 Å². The zero-order valence-corrected chi connectivity index (χ0v) is 10.2. The quantitative estimate of drug-likeness (QED) is 0.890. The van der Waals surface area contributed by atoms with Crippen molar-refractivity contribution in [2.24, 2.45) is 0 Å². The molecule has 2 rings (SSSR count). The van der Waals surface area contributed by atoms with Crippen LogP contribution < -0.4 is 5.32 Å². The molecule has 84 valence electrons. The van der Waals surface area contributed by atoms with Gasteiger partial charge in [-0.05, 0) is 24.3 Å². The predicted octanol–water partition coefficient (Wildman–Crippen LogP) is 2.30. The number of hydrogen-bond acceptors (Lipinski definition) is 3. The Kier molecular flexibility index (Phi) is 3.21. The molecule has 0 fully saturated rings. The van der Waals surface area contributed by atoms with E-state index in [1.54, 1.807) is 24.3 Å². The molecule has 0 atom stereocenters. The number of carbonyl (C=O) groups is 1. The lowest BCUT2D eigenvalue weighted by Gasteiger charge is -2.05. The first-order valence-electron chi connectivity index (χ1n) is 4.71. The first-order chi connectivity index (χ1) is 8.20. The molecule has 0 saturated carbocycles. The van der Waals surface area contributed by atoms with E-state index in [1.165, 1.54) is 6.20 Å². The highest BCUT2D eigenvalue weighted by molar-refractivity contribution is 9.10. The number of benzene rings is 1. The van der Waals surface area contributed by atoms with Gasteiger partial charge in [-0.3, -0.25) is 9.89 Å². The lowest BCUT2D eigenvalue weighted by atomic mass is 10.2. The maximum atomic E-state index is 11.7. The third kappa shape index (κ3) is 2.52. The monoisotopic (exact) mass is 290 g/mol. The van der Waals surface area contributed by atoms with E-state index in [2.05, 4.69) is 31.4 Å². The Morgan fingerprint density at radius 2 is 2.29 bits per heavy atom. The van der Waals surface area contributed by atoms with Crippen LogP contribution in [0, 0.1) is 11.3 Å².